The lowest BCUT2D eigenvalue weighted by molar-refractivity contribution is 0.397. The highest BCUT2D eigenvalue weighted by Crippen LogP contribution is 2.54. The van der Waals surface area contributed by atoms with E-state index >= 15 is 0 Å². The van der Waals surface area contributed by atoms with Crippen LogP contribution in [0.4, 0.5) is 0 Å². The number of ether oxygens (including phenoxy) is 1. The zero-order valence-electron chi connectivity index (χ0n) is 15.6. The van der Waals surface area contributed by atoms with Crippen LogP contribution in [-0.4, -0.2) is 42.5 Å². The van der Waals surface area contributed by atoms with Crippen molar-refractivity contribution >= 4 is 5.71 Å². The Balaban J connectivity index is 1.39. The van der Waals surface area contributed by atoms with Crippen molar-refractivity contribution in [3.63, 3.8) is 0 Å². The molecule has 1 fully saturated rings. The van der Waals surface area contributed by atoms with Crippen LogP contribution in [0.2, 0.25) is 0 Å². The third kappa shape index (κ3) is 2.72. The highest BCUT2D eigenvalue weighted by Gasteiger charge is 2.42. The molecule has 0 N–H and O–H groups in total. The molecule has 3 aromatic rings. The number of hydrogen-bond acceptors (Lipinski definition) is 6. The average molecular weight is 363 g/mol. The summed E-state index contributed by atoms with van der Waals surface area (Å²) >= 11 is 0. The van der Waals surface area contributed by atoms with Crippen molar-refractivity contribution in [2.75, 3.05) is 7.11 Å². The van der Waals surface area contributed by atoms with Crippen LogP contribution in [0.25, 0.3) is 0 Å². The van der Waals surface area contributed by atoms with Gasteiger partial charge in [0.05, 0.1) is 24.2 Å². The van der Waals surface area contributed by atoms with E-state index in [4.69, 9.17) is 14.9 Å². The first-order valence-electron chi connectivity index (χ1n) is 9.17. The number of aryl methyl sites for hydroxylation is 3. The third-order valence-corrected chi connectivity index (χ3v) is 5.43. The summed E-state index contributed by atoms with van der Waals surface area (Å²) in [7, 11) is 3.62. The van der Waals surface area contributed by atoms with Gasteiger partial charge in [0.2, 0.25) is 5.88 Å². The molecule has 3 aromatic heterocycles. The molecule has 5 rings (SSSR count). The zero-order chi connectivity index (χ0) is 18.5. The van der Waals surface area contributed by atoms with E-state index in [1.807, 2.05) is 35.6 Å². The number of pyridine rings is 1. The maximum atomic E-state index is 5.14. The molecule has 8 nitrogen and oxygen atoms in total. The predicted octanol–water partition coefficient (Wildman–Crippen LogP) is 2.19. The summed E-state index contributed by atoms with van der Waals surface area (Å²) in [5.41, 5.74) is 4.48. The van der Waals surface area contributed by atoms with Crippen molar-refractivity contribution in [2.24, 2.45) is 12.1 Å². The van der Waals surface area contributed by atoms with Gasteiger partial charge in [-0.1, -0.05) is 6.07 Å². The van der Waals surface area contributed by atoms with Crippen molar-refractivity contribution in [2.45, 2.75) is 38.0 Å². The van der Waals surface area contributed by atoms with Gasteiger partial charge in [-0.3, -0.25) is 4.68 Å². The topological polar surface area (TPSA) is 83.0 Å². The first kappa shape index (κ1) is 16.2. The van der Waals surface area contributed by atoms with Crippen LogP contribution in [0.3, 0.4) is 0 Å². The van der Waals surface area contributed by atoms with Gasteiger partial charge in [0.25, 0.3) is 0 Å². The lowest BCUT2D eigenvalue weighted by Crippen LogP contribution is -2.17. The van der Waals surface area contributed by atoms with Crippen molar-refractivity contribution in [1.29, 1.82) is 0 Å². The number of aromatic nitrogens is 6. The first-order chi connectivity index (χ1) is 13.1. The SMILES string of the molecule is COc1ccc(C2CC2c2cc(C3=Nn4c(C)nnc4CC3)n(C)n2)cn1. The highest BCUT2D eigenvalue weighted by atomic mass is 16.5. The molecule has 0 aromatic carbocycles. The van der Waals surface area contributed by atoms with E-state index < -0.39 is 0 Å². The van der Waals surface area contributed by atoms with Crippen LogP contribution in [0.1, 0.15) is 53.3 Å². The second kappa shape index (κ2) is 6.00. The van der Waals surface area contributed by atoms with Gasteiger partial charge in [-0.15, -0.1) is 10.2 Å². The molecule has 1 saturated carbocycles. The molecule has 1 aliphatic carbocycles. The van der Waals surface area contributed by atoms with Crippen LogP contribution in [-0.2, 0) is 13.5 Å². The molecule has 0 spiro atoms. The molecule has 2 unspecified atom stereocenters. The van der Waals surface area contributed by atoms with Gasteiger partial charge in [-0.25, -0.2) is 9.66 Å². The van der Waals surface area contributed by atoms with Crippen LogP contribution in [0, 0.1) is 6.92 Å². The van der Waals surface area contributed by atoms with E-state index in [-0.39, 0.29) is 0 Å². The average Bonchev–Trinajstić information content (AvgIpc) is 3.28. The standard InChI is InChI=1S/C19H21N7O/c1-11-21-22-18-6-5-15(24-26(11)18)17-9-16(23-25(17)2)14-8-13(14)12-4-7-19(27-3)20-10-12/h4,7,9-10,13-14H,5-6,8H2,1-3H3. The maximum Gasteiger partial charge on any atom is 0.212 e. The van der Waals surface area contributed by atoms with E-state index in [9.17, 15) is 0 Å². The minimum atomic E-state index is 0.441. The van der Waals surface area contributed by atoms with Crippen LogP contribution in [0.5, 0.6) is 5.88 Å². The molecule has 0 saturated heterocycles. The molecule has 0 bridgehead atoms. The Morgan fingerprint density at radius 2 is 2.04 bits per heavy atom. The summed E-state index contributed by atoms with van der Waals surface area (Å²) in [5.74, 6) is 3.31. The van der Waals surface area contributed by atoms with E-state index in [1.165, 1.54) is 5.56 Å². The zero-order valence-corrected chi connectivity index (χ0v) is 15.6. The molecule has 2 atom stereocenters. The summed E-state index contributed by atoms with van der Waals surface area (Å²) in [6.07, 6.45) is 4.72. The number of methoxy groups -OCH3 is 1. The fraction of sp³-hybridized carbons (Fsp3) is 0.421. The highest BCUT2D eigenvalue weighted by molar-refractivity contribution is 5.99. The Kier molecular flexibility index (Phi) is 3.60. The molecule has 0 radical (unpaired) electrons. The van der Waals surface area contributed by atoms with Crippen molar-refractivity contribution in [3.8, 4) is 5.88 Å². The summed E-state index contributed by atoms with van der Waals surface area (Å²) in [6, 6.07) is 6.21. The Hall–Kier alpha value is -3.03. The van der Waals surface area contributed by atoms with E-state index in [1.54, 1.807) is 7.11 Å². The van der Waals surface area contributed by atoms with Crippen LogP contribution < -0.4 is 4.74 Å². The van der Waals surface area contributed by atoms with Crippen molar-refractivity contribution < 1.29 is 4.74 Å². The Morgan fingerprint density at radius 1 is 1.15 bits per heavy atom. The lowest BCUT2D eigenvalue weighted by atomic mass is 10.1. The molecule has 2 aliphatic rings. The lowest BCUT2D eigenvalue weighted by Gasteiger charge is -2.13. The number of hydrogen-bond donors (Lipinski definition) is 0. The Morgan fingerprint density at radius 3 is 2.81 bits per heavy atom. The van der Waals surface area contributed by atoms with Gasteiger partial charge in [0.15, 0.2) is 11.6 Å². The van der Waals surface area contributed by atoms with Gasteiger partial charge in [-0.05, 0) is 30.9 Å². The van der Waals surface area contributed by atoms with E-state index in [0.29, 0.717) is 17.7 Å². The van der Waals surface area contributed by atoms with E-state index in [2.05, 4.69) is 27.3 Å². The molecule has 138 valence electrons. The number of nitrogens with zero attached hydrogens (tertiary/aromatic N) is 7. The normalized spacial score (nSPS) is 20.9. The van der Waals surface area contributed by atoms with Crippen molar-refractivity contribution in [3.05, 3.63) is 53.0 Å². The third-order valence-electron chi connectivity index (χ3n) is 5.43. The molecule has 27 heavy (non-hydrogen) atoms. The summed E-state index contributed by atoms with van der Waals surface area (Å²) in [5, 5.41) is 17.8. The van der Waals surface area contributed by atoms with Crippen molar-refractivity contribution in [1.82, 2.24) is 29.6 Å². The van der Waals surface area contributed by atoms with Gasteiger partial charge >= 0.3 is 0 Å². The first-order valence-corrected chi connectivity index (χ1v) is 9.17. The van der Waals surface area contributed by atoms with Crippen LogP contribution >= 0.6 is 0 Å². The molecule has 1 aliphatic heterocycles. The largest absolute Gasteiger partial charge is 0.481 e. The smallest absolute Gasteiger partial charge is 0.212 e. The van der Waals surface area contributed by atoms with Gasteiger partial charge < -0.3 is 4.74 Å². The number of rotatable bonds is 4. The van der Waals surface area contributed by atoms with Gasteiger partial charge in [0.1, 0.15) is 0 Å². The Labute approximate surface area is 156 Å². The summed E-state index contributed by atoms with van der Waals surface area (Å²) < 4.78 is 8.93. The molecular weight excluding hydrogens is 342 g/mol. The summed E-state index contributed by atoms with van der Waals surface area (Å²) in [4.78, 5) is 4.33. The Bertz CT molecular complexity index is 1030. The number of fused-ring (bicyclic) bond motifs is 1. The quantitative estimate of drug-likeness (QED) is 0.710. The van der Waals surface area contributed by atoms with Gasteiger partial charge in [0, 0.05) is 38.1 Å². The molecule has 0 amide bonds. The maximum absolute atomic E-state index is 5.14. The fourth-order valence-corrected chi connectivity index (χ4v) is 3.83. The minimum Gasteiger partial charge on any atom is -0.481 e. The molecule has 8 heteroatoms. The minimum absolute atomic E-state index is 0.441. The second-order valence-electron chi connectivity index (χ2n) is 7.18. The second-order valence-corrected chi connectivity index (χ2v) is 7.18. The van der Waals surface area contributed by atoms with E-state index in [0.717, 1.165) is 48.0 Å². The fourth-order valence-electron chi connectivity index (χ4n) is 3.83. The summed E-state index contributed by atoms with van der Waals surface area (Å²) in [6.45, 7) is 1.93. The molecule has 4 heterocycles. The predicted molar refractivity (Wildman–Crippen MR) is 99.1 cm³/mol. The molecular formula is C19H21N7O. The monoisotopic (exact) mass is 363 g/mol. The van der Waals surface area contributed by atoms with Gasteiger partial charge in [-0.2, -0.15) is 10.2 Å². The van der Waals surface area contributed by atoms with Crippen LogP contribution in [0.15, 0.2) is 29.5 Å².